The molecule has 5 heteroatoms. The molecule has 158 valence electrons. The number of amides is 2. The van der Waals surface area contributed by atoms with Gasteiger partial charge in [0.15, 0.2) is 0 Å². The Kier molecular flexibility index (Phi) is 6.42. The SMILES string of the molecule is Cc1cccc(N2C(=O)CSC2c2ccc(NC(=O)CCc3ccccc3)cc2)c1C. The van der Waals surface area contributed by atoms with Gasteiger partial charge in [0.25, 0.3) is 0 Å². The summed E-state index contributed by atoms with van der Waals surface area (Å²) in [6.45, 7) is 4.13. The molecule has 1 aliphatic heterocycles. The molecule has 1 aliphatic rings. The van der Waals surface area contributed by atoms with E-state index in [1.165, 1.54) is 5.56 Å². The van der Waals surface area contributed by atoms with Crippen molar-refractivity contribution in [3.8, 4) is 0 Å². The summed E-state index contributed by atoms with van der Waals surface area (Å²) in [5, 5.41) is 2.91. The number of benzene rings is 3. The zero-order valence-electron chi connectivity index (χ0n) is 17.8. The van der Waals surface area contributed by atoms with Gasteiger partial charge in [-0.2, -0.15) is 0 Å². The van der Waals surface area contributed by atoms with Crippen LogP contribution in [-0.4, -0.2) is 17.6 Å². The normalized spacial score (nSPS) is 15.9. The molecule has 1 saturated heterocycles. The van der Waals surface area contributed by atoms with Crippen molar-refractivity contribution in [1.82, 2.24) is 0 Å². The number of nitrogens with zero attached hydrogens (tertiary/aromatic N) is 1. The van der Waals surface area contributed by atoms with Crippen molar-refractivity contribution < 1.29 is 9.59 Å². The molecular weight excluding hydrogens is 404 g/mol. The van der Waals surface area contributed by atoms with Gasteiger partial charge in [-0.05, 0) is 60.7 Å². The smallest absolute Gasteiger partial charge is 0.238 e. The largest absolute Gasteiger partial charge is 0.326 e. The first kappa shape index (κ1) is 21.2. The van der Waals surface area contributed by atoms with Crippen LogP contribution in [0, 0.1) is 13.8 Å². The molecule has 1 atom stereocenters. The molecule has 0 aliphatic carbocycles. The molecule has 3 aromatic carbocycles. The van der Waals surface area contributed by atoms with E-state index in [0.29, 0.717) is 12.2 Å². The number of anilines is 2. The van der Waals surface area contributed by atoms with Gasteiger partial charge in [0, 0.05) is 17.8 Å². The average Bonchev–Trinajstić information content (AvgIpc) is 3.16. The van der Waals surface area contributed by atoms with Gasteiger partial charge >= 0.3 is 0 Å². The van der Waals surface area contributed by atoms with E-state index in [2.05, 4.69) is 25.2 Å². The number of rotatable bonds is 6. The molecule has 0 aromatic heterocycles. The summed E-state index contributed by atoms with van der Waals surface area (Å²) in [5.41, 5.74) is 6.26. The minimum absolute atomic E-state index is 0.000894. The van der Waals surface area contributed by atoms with Crippen LogP contribution in [-0.2, 0) is 16.0 Å². The van der Waals surface area contributed by atoms with Crippen LogP contribution in [0.3, 0.4) is 0 Å². The molecule has 4 nitrogen and oxygen atoms in total. The fourth-order valence-electron chi connectivity index (χ4n) is 3.78. The Morgan fingerprint density at radius 2 is 1.74 bits per heavy atom. The van der Waals surface area contributed by atoms with Gasteiger partial charge in [-0.3, -0.25) is 14.5 Å². The molecule has 4 rings (SSSR count). The highest BCUT2D eigenvalue weighted by Gasteiger charge is 2.34. The minimum atomic E-state index is -0.0594. The Balaban J connectivity index is 1.44. The Morgan fingerprint density at radius 1 is 1.00 bits per heavy atom. The standard InChI is InChI=1S/C26H26N2O2S/c1-18-7-6-10-23(19(18)2)28-25(30)17-31-26(28)21-12-14-22(15-13-21)27-24(29)16-11-20-8-4-3-5-9-20/h3-10,12-15,26H,11,16-17H2,1-2H3,(H,27,29). The van der Waals surface area contributed by atoms with Crippen LogP contribution in [0.15, 0.2) is 72.8 Å². The van der Waals surface area contributed by atoms with Crippen molar-refractivity contribution in [3.05, 3.63) is 95.1 Å². The van der Waals surface area contributed by atoms with Crippen LogP contribution in [0.2, 0.25) is 0 Å². The lowest BCUT2D eigenvalue weighted by molar-refractivity contribution is -0.116. The summed E-state index contributed by atoms with van der Waals surface area (Å²) >= 11 is 1.64. The number of carbonyl (C=O) groups is 2. The molecule has 1 unspecified atom stereocenters. The number of aryl methyl sites for hydroxylation is 2. The number of carbonyl (C=O) groups excluding carboxylic acids is 2. The lowest BCUT2D eigenvalue weighted by Crippen LogP contribution is -2.28. The fourth-order valence-corrected chi connectivity index (χ4v) is 4.95. The summed E-state index contributed by atoms with van der Waals surface area (Å²) in [6.07, 6.45) is 1.16. The second-order valence-electron chi connectivity index (χ2n) is 7.80. The highest BCUT2D eigenvalue weighted by Crippen LogP contribution is 2.43. The maximum absolute atomic E-state index is 12.7. The van der Waals surface area contributed by atoms with Crippen LogP contribution in [0.5, 0.6) is 0 Å². The maximum atomic E-state index is 12.7. The van der Waals surface area contributed by atoms with Crippen molar-refractivity contribution >= 4 is 35.0 Å². The highest BCUT2D eigenvalue weighted by molar-refractivity contribution is 8.00. The zero-order chi connectivity index (χ0) is 21.8. The van der Waals surface area contributed by atoms with Crippen LogP contribution >= 0.6 is 11.8 Å². The number of hydrogen-bond donors (Lipinski definition) is 1. The number of thioether (sulfide) groups is 1. The van der Waals surface area contributed by atoms with E-state index in [-0.39, 0.29) is 17.2 Å². The van der Waals surface area contributed by atoms with Gasteiger partial charge < -0.3 is 5.32 Å². The first-order valence-corrected chi connectivity index (χ1v) is 11.5. The molecule has 0 saturated carbocycles. The van der Waals surface area contributed by atoms with Gasteiger partial charge in [0.1, 0.15) is 5.37 Å². The molecule has 0 spiro atoms. The number of hydrogen-bond acceptors (Lipinski definition) is 3. The molecule has 0 bridgehead atoms. The third-order valence-electron chi connectivity index (χ3n) is 5.67. The average molecular weight is 431 g/mol. The van der Waals surface area contributed by atoms with Gasteiger partial charge in [-0.1, -0.05) is 54.6 Å². The fraction of sp³-hybridized carbons (Fsp3) is 0.231. The highest BCUT2D eigenvalue weighted by atomic mass is 32.2. The molecule has 31 heavy (non-hydrogen) atoms. The molecule has 0 radical (unpaired) electrons. The molecule has 1 fully saturated rings. The van der Waals surface area contributed by atoms with E-state index in [4.69, 9.17) is 0 Å². The summed E-state index contributed by atoms with van der Waals surface area (Å²) in [7, 11) is 0. The van der Waals surface area contributed by atoms with Crippen molar-refractivity contribution in [2.24, 2.45) is 0 Å². The quantitative estimate of drug-likeness (QED) is 0.549. The Bertz CT molecular complexity index is 1080. The van der Waals surface area contributed by atoms with E-state index in [9.17, 15) is 9.59 Å². The molecule has 2 amide bonds. The van der Waals surface area contributed by atoms with Gasteiger partial charge in [-0.25, -0.2) is 0 Å². The number of nitrogens with one attached hydrogen (secondary N) is 1. The summed E-state index contributed by atoms with van der Waals surface area (Å²) in [6, 6.07) is 23.9. The maximum Gasteiger partial charge on any atom is 0.238 e. The molecular formula is C26H26N2O2S. The summed E-state index contributed by atoms with van der Waals surface area (Å²) < 4.78 is 0. The van der Waals surface area contributed by atoms with E-state index in [0.717, 1.165) is 34.5 Å². The van der Waals surface area contributed by atoms with Gasteiger partial charge in [-0.15, -0.1) is 11.8 Å². The lowest BCUT2D eigenvalue weighted by Gasteiger charge is -2.26. The second kappa shape index (κ2) is 9.40. The van der Waals surface area contributed by atoms with Crippen LogP contribution in [0.25, 0.3) is 0 Å². The zero-order valence-corrected chi connectivity index (χ0v) is 18.6. The monoisotopic (exact) mass is 430 g/mol. The first-order chi connectivity index (χ1) is 15.0. The Labute approximate surface area is 187 Å². The van der Waals surface area contributed by atoms with Gasteiger partial charge in [0.05, 0.1) is 5.75 Å². The van der Waals surface area contributed by atoms with Gasteiger partial charge in [0.2, 0.25) is 11.8 Å². The van der Waals surface area contributed by atoms with Crippen molar-refractivity contribution in [3.63, 3.8) is 0 Å². The van der Waals surface area contributed by atoms with Crippen LogP contribution < -0.4 is 10.2 Å². The predicted molar refractivity (Wildman–Crippen MR) is 128 cm³/mol. The van der Waals surface area contributed by atoms with Crippen molar-refractivity contribution in [1.29, 1.82) is 0 Å². The second-order valence-corrected chi connectivity index (χ2v) is 8.87. The lowest BCUT2D eigenvalue weighted by atomic mass is 10.1. The Morgan fingerprint density at radius 3 is 2.48 bits per heavy atom. The van der Waals surface area contributed by atoms with E-state index < -0.39 is 0 Å². The third kappa shape index (κ3) is 4.83. The summed E-state index contributed by atoms with van der Waals surface area (Å²) in [5.74, 6) is 0.594. The first-order valence-electron chi connectivity index (χ1n) is 10.5. The topological polar surface area (TPSA) is 49.4 Å². The van der Waals surface area contributed by atoms with Crippen molar-refractivity contribution in [2.45, 2.75) is 32.1 Å². The molecule has 1 heterocycles. The van der Waals surface area contributed by atoms with E-state index >= 15 is 0 Å². The van der Waals surface area contributed by atoms with E-state index in [1.54, 1.807) is 11.8 Å². The third-order valence-corrected chi connectivity index (χ3v) is 6.88. The van der Waals surface area contributed by atoms with Crippen LogP contribution in [0.4, 0.5) is 11.4 Å². The molecule has 3 aromatic rings. The molecule has 1 N–H and O–H groups in total. The minimum Gasteiger partial charge on any atom is -0.326 e. The van der Waals surface area contributed by atoms with Crippen molar-refractivity contribution in [2.75, 3.05) is 16.0 Å². The predicted octanol–water partition coefficient (Wildman–Crippen LogP) is 5.65. The van der Waals surface area contributed by atoms with Crippen LogP contribution in [0.1, 0.15) is 34.0 Å². The summed E-state index contributed by atoms with van der Waals surface area (Å²) in [4.78, 5) is 26.9. The Hall–Kier alpha value is -3.05. The van der Waals surface area contributed by atoms with E-state index in [1.807, 2.05) is 71.6 Å².